The smallest absolute Gasteiger partial charge is 0.323 e. The van der Waals surface area contributed by atoms with Gasteiger partial charge < -0.3 is 15.3 Å². The number of hydrogen-bond acceptors (Lipinski definition) is 3. The van der Waals surface area contributed by atoms with Crippen molar-refractivity contribution >= 4 is 17.6 Å². The summed E-state index contributed by atoms with van der Waals surface area (Å²) in [5.41, 5.74) is 2.06. The lowest BCUT2D eigenvalue weighted by Crippen LogP contribution is -2.47. The zero-order chi connectivity index (χ0) is 14.0. The Balaban J connectivity index is 2.10. The molecule has 0 saturated carbocycles. The maximum atomic E-state index is 12.4. The molecule has 2 N–H and O–H groups in total. The van der Waals surface area contributed by atoms with Crippen molar-refractivity contribution < 1.29 is 14.7 Å². The van der Waals surface area contributed by atoms with E-state index in [0.717, 1.165) is 11.3 Å². The largest absolute Gasteiger partial charge is 0.480 e. The van der Waals surface area contributed by atoms with Gasteiger partial charge in [0.15, 0.2) is 0 Å². The van der Waals surface area contributed by atoms with Crippen molar-refractivity contribution in [2.75, 3.05) is 11.9 Å². The van der Waals surface area contributed by atoms with Crippen molar-refractivity contribution in [2.45, 2.75) is 32.4 Å². The Bertz CT molecular complexity index is 474. The van der Waals surface area contributed by atoms with Gasteiger partial charge in [0.25, 0.3) is 0 Å². The number of carbonyl (C=O) groups is 2. The second kappa shape index (κ2) is 5.30. The van der Waals surface area contributed by atoms with Gasteiger partial charge in [-0.15, -0.1) is 0 Å². The summed E-state index contributed by atoms with van der Waals surface area (Å²) in [4.78, 5) is 24.6. The predicted octanol–water partition coefficient (Wildman–Crippen LogP) is 1.34. The Labute approximate surface area is 112 Å². The molecule has 1 amide bonds. The molecule has 102 valence electrons. The number of rotatable bonds is 4. The molecule has 0 fully saturated rings. The average Bonchev–Trinajstić information content (AvgIpc) is 2.78. The molecule has 2 rings (SSSR count). The molecule has 5 nitrogen and oxygen atoms in total. The molecule has 0 saturated heterocycles. The fourth-order valence-corrected chi connectivity index (χ4v) is 2.31. The second-order valence-electron chi connectivity index (χ2n) is 5.01. The van der Waals surface area contributed by atoms with E-state index in [1.165, 1.54) is 4.90 Å². The van der Waals surface area contributed by atoms with E-state index < -0.39 is 5.97 Å². The second-order valence-corrected chi connectivity index (χ2v) is 5.01. The summed E-state index contributed by atoms with van der Waals surface area (Å²) in [7, 11) is 0. The number of para-hydroxylation sites is 1. The van der Waals surface area contributed by atoms with Gasteiger partial charge in [0.05, 0.1) is 0 Å². The van der Waals surface area contributed by atoms with Crippen LogP contribution < -0.4 is 5.32 Å². The van der Waals surface area contributed by atoms with Crippen molar-refractivity contribution in [1.82, 2.24) is 4.90 Å². The summed E-state index contributed by atoms with van der Waals surface area (Å²) in [5.74, 6) is -1.15. The Morgan fingerprint density at radius 3 is 2.68 bits per heavy atom. The molecule has 1 heterocycles. The fourth-order valence-electron chi connectivity index (χ4n) is 2.31. The van der Waals surface area contributed by atoms with E-state index in [4.69, 9.17) is 5.11 Å². The molecule has 0 radical (unpaired) electrons. The lowest BCUT2D eigenvalue weighted by atomic mass is 10.1. The molecule has 19 heavy (non-hydrogen) atoms. The van der Waals surface area contributed by atoms with Gasteiger partial charge in [0.1, 0.15) is 12.6 Å². The van der Waals surface area contributed by atoms with Crippen LogP contribution in [0.2, 0.25) is 0 Å². The molecule has 0 unspecified atom stereocenters. The summed E-state index contributed by atoms with van der Waals surface area (Å²) in [6.45, 7) is 3.39. The Hall–Kier alpha value is -2.04. The van der Waals surface area contributed by atoms with Crippen LogP contribution in [0.15, 0.2) is 24.3 Å². The van der Waals surface area contributed by atoms with Gasteiger partial charge in [-0.25, -0.2) is 0 Å². The number of fused-ring (bicyclic) bond motifs is 1. The average molecular weight is 262 g/mol. The van der Waals surface area contributed by atoms with Crippen LogP contribution in [0.1, 0.15) is 19.4 Å². The number of carbonyl (C=O) groups excluding carboxylic acids is 1. The monoisotopic (exact) mass is 262 g/mol. The van der Waals surface area contributed by atoms with E-state index in [9.17, 15) is 9.59 Å². The van der Waals surface area contributed by atoms with E-state index in [1.54, 1.807) is 0 Å². The van der Waals surface area contributed by atoms with E-state index >= 15 is 0 Å². The number of nitrogens with zero attached hydrogens (tertiary/aromatic N) is 1. The van der Waals surface area contributed by atoms with E-state index in [-0.39, 0.29) is 24.5 Å². The summed E-state index contributed by atoms with van der Waals surface area (Å²) < 4.78 is 0. The van der Waals surface area contributed by atoms with Gasteiger partial charge in [-0.05, 0) is 25.5 Å². The predicted molar refractivity (Wildman–Crippen MR) is 72.0 cm³/mol. The summed E-state index contributed by atoms with van der Waals surface area (Å²) in [6.07, 6.45) is 0.609. The summed E-state index contributed by atoms with van der Waals surface area (Å²) >= 11 is 0. The fraction of sp³-hybridized carbons (Fsp3) is 0.429. The first kappa shape index (κ1) is 13.4. The first-order chi connectivity index (χ1) is 8.99. The maximum Gasteiger partial charge on any atom is 0.323 e. The number of amides is 1. The van der Waals surface area contributed by atoms with Crippen molar-refractivity contribution in [3.63, 3.8) is 0 Å². The first-order valence-corrected chi connectivity index (χ1v) is 6.35. The summed E-state index contributed by atoms with van der Waals surface area (Å²) in [6, 6.07) is 7.26. The van der Waals surface area contributed by atoms with Gasteiger partial charge in [0.2, 0.25) is 5.91 Å². The number of nitrogens with one attached hydrogen (secondary N) is 1. The molecule has 1 aromatic carbocycles. The van der Waals surface area contributed by atoms with Crippen LogP contribution in [0.3, 0.4) is 0 Å². The minimum atomic E-state index is -0.988. The van der Waals surface area contributed by atoms with Crippen LogP contribution in [0, 0.1) is 0 Å². The van der Waals surface area contributed by atoms with Crippen LogP contribution in [-0.2, 0) is 16.0 Å². The topological polar surface area (TPSA) is 69.6 Å². The van der Waals surface area contributed by atoms with Crippen LogP contribution in [-0.4, -0.2) is 40.5 Å². The number of carboxylic acids is 1. The first-order valence-electron chi connectivity index (χ1n) is 6.35. The molecule has 1 aliphatic rings. The van der Waals surface area contributed by atoms with Crippen molar-refractivity contribution in [2.24, 2.45) is 0 Å². The van der Waals surface area contributed by atoms with E-state index in [2.05, 4.69) is 5.32 Å². The molecule has 1 aliphatic heterocycles. The lowest BCUT2D eigenvalue weighted by Gasteiger charge is -2.27. The highest BCUT2D eigenvalue weighted by Gasteiger charge is 2.31. The highest BCUT2D eigenvalue weighted by molar-refractivity contribution is 5.89. The van der Waals surface area contributed by atoms with Gasteiger partial charge in [0, 0.05) is 18.2 Å². The van der Waals surface area contributed by atoms with Crippen molar-refractivity contribution in [1.29, 1.82) is 0 Å². The molecule has 1 aromatic rings. The molecule has 5 heteroatoms. The van der Waals surface area contributed by atoms with Crippen LogP contribution in [0.4, 0.5) is 5.69 Å². The molecule has 0 aromatic heterocycles. The lowest BCUT2D eigenvalue weighted by molar-refractivity contribution is -0.146. The Morgan fingerprint density at radius 1 is 1.42 bits per heavy atom. The van der Waals surface area contributed by atoms with Gasteiger partial charge in [-0.1, -0.05) is 18.2 Å². The SMILES string of the molecule is CC(C)N(CC(=O)O)C(=O)[C@@H]1Cc2ccccc2N1. The van der Waals surface area contributed by atoms with Crippen LogP contribution in [0.5, 0.6) is 0 Å². The maximum absolute atomic E-state index is 12.4. The van der Waals surface area contributed by atoms with E-state index in [1.807, 2.05) is 38.1 Å². The standard InChI is InChI=1S/C14H18N2O3/c1-9(2)16(8-13(17)18)14(19)12-7-10-5-3-4-6-11(10)15-12/h3-6,9,12,15H,7-8H2,1-2H3,(H,17,18)/t12-/m0/s1. The van der Waals surface area contributed by atoms with Gasteiger partial charge in [-0.3, -0.25) is 9.59 Å². The zero-order valence-electron chi connectivity index (χ0n) is 11.1. The Kier molecular flexibility index (Phi) is 3.74. The third kappa shape index (κ3) is 2.86. The molecule has 0 aliphatic carbocycles. The number of aliphatic carboxylic acids is 1. The minimum Gasteiger partial charge on any atom is -0.480 e. The normalized spacial score (nSPS) is 16.9. The number of anilines is 1. The molecule has 1 atom stereocenters. The quantitative estimate of drug-likeness (QED) is 0.859. The third-order valence-electron chi connectivity index (χ3n) is 3.28. The molecule has 0 bridgehead atoms. The van der Waals surface area contributed by atoms with Crippen molar-refractivity contribution in [3.05, 3.63) is 29.8 Å². The Morgan fingerprint density at radius 2 is 2.11 bits per heavy atom. The highest BCUT2D eigenvalue weighted by Crippen LogP contribution is 2.26. The van der Waals surface area contributed by atoms with E-state index in [0.29, 0.717) is 6.42 Å². The number of carboxylic acid groups (broad SMARTS) is 1. The van der Waals surface area contributed by atoms with Gasteiger partial charge >= 0.3 is 5.97 Å². The minimum absolute atomic E-state index is 0.130. The number of hydrogen-bond donors (Lipinski definition) is 2. The highest BCUT2D eigenvalue weighted by atomic mass is 16.4. The molecule has 0 spiro atoms. The number of benzene rings is 1. The van der Waals surface area contributed by atoms with Crippen LogP contribution in [0.25, 0.3) is 0 Å². The summed E-state index contributed by atoms with van der Waals surface area (Å²) in [5, 5.41) is 12.0. The van der Waals surface area contributed by atoms with Crippen molar-refractivity contribution in [3.8, 4) is 0 Å². The van der Waals surface area contributed by atoms with Crippen LogP contribution >= 0.6 is 0 Å². The molecular formula is C14H18N2O3. The van der Waals surface area contributed by atoms with Gasteiger partial charge in [-0.2, -0.15) is 0 Å². The zero-order valence-corrected chi connectivity index (χ0v) is 11.1. The molecular weight excluding hydrogens is 244 g/mol. The third-order valence-corrected chi connectivity index (χ3v) is 3.28.